The third kappa shape index (κ3) is 1.98. The molecule has 4 heteroatoms. The second-order valence-electron chi connectivity index (χ2n) is 4.34. The van der Waals surface area contributed by atoms with Crippen LogP contribution in [-0.2, 0) is 15.9 Å². The largest absolute Gasteiger partial charge is 0.507 e. The maximum atomic E-state index is 10.2. The average Bonchev–Trinajstić information content (AvgIpc) is 2.32. The summed E-state index contributed by atoms with van der Waals surface area (Å²) in [5.41, 5.74) is 2.46. The Labute approximate surface area is 101 Å². The van der Waals surface area contributed by atoms with Crippen molar-refractivity contribution in [2.75, 3.05) is 14.2 Å². The Morgan fingerprint density at radius 1 is 1.41 bits per heavy atom. The summed E-state index contributed by atoms with van der Waals surface area (Å²) in [6.45, 7) is 3.80. The molecule has 0 radical (unpaired) electrons. The highest BCUT2D eigenvalue weighted by Crippen LogP contribution is 2.42. The van der Waals surface area contributed by atoms with Crippen LogP contribution >= 0.6 is 0 Å². The van der Waals surface area contributed by atoms with Gasteiger partial charge in [-0.1, -0.05) is 0 Å². The van der Waals surface area contributed by atoms with Gasteiger partial charge in [-0.15, -0.1) is 0 Å². The van der Waals surface area contributed by atoms with Crippen molar-refractivity contribution >= 4 is 0 Å². The Hall–Kier alpha value is -1.26. The van der Waals surface area contributed by atoms with Gasteiger partial charge in [0.25, 0.3) is 0 Å². The Kier molecular flexibility index (Phi) is 3.26. The van der Waals surface area contributed by atoms with Gasteiger partial charge in [0, 0.05) is 12.7 Å². The van der Waals surface area contributed by atoms with Gasteiger partial charge in [0.15, 0.2) is 6.29 Å². The fraction of sp³-hybridized carbons (Fsp3) is 0.538. The molecular formula is C13H18O4. The lowest BCUT2D eigenvalue weighted by atomic mass is 9.94. The number of ether oxygens (including phenoxy) is 3. The van der Waals surface area contributed by atoms with Crippen molar-refractivity contribution in [1.82, 2.24) is 0 Å². The zero-order chi connectivity index (χ0) is 12.6. The van der Waals surface area contributed by atoms with Gasteiger partial charge in [-0.2, -0.15) is 0 Å². The summed E-state index contributed by atoms with van der Waals surface area (Å²) in [6.07, 6.45) is 0.317. The summed E-state index contributed by atoms with van der Waals surface area (Å²) < 4.78 is 16.2. The Balaban J connectivity index is 2.58. The lowest BCUT2D eigenvalue weighted by molar-refractivity contribution is -0.164. The second-order valence-corrected chi connectivity index (χ2v) is 4.34. The van der Waals surface area contributed by atoms with E-state index in [9.17, 15) is 5.11 Å². The summed E-state index contributed by atoms with van der Waals surface area (Å²) in [6, 6.07) is 1.95. The average molecular weight is 238 g/mol. The quantitative estimate of drug-likeness (QED) is 0.859. The third-order valence-corrected chi connectivity index (χ3v) is 3.16. The van der Waals surface area contributed by atoms with E-state index in [1.54, 1.807) is 14.2 Å². The summed E-state index contributed by atoms with van der Waals surface area (Å²) in [4.78, 5) is 0. The van der Waals surface area contributed by atoms with Crippen LogP contribution in [0.4, 0.5) is 0 Å². The van der Waals surface area contributed by atoms with Crippen molar-refractivity contribution in [2.24, 2.45) is 0 Å². The van der Waals surface area contributed by atoms with Gasteiger partial charge < -0.3 is 19.3 Å². The van der Waals surface area contributed by atoms with E-state index in [1.165, 1.54) is 0 Å². The van der Waals surface area contributed by atoms with Gasteiger partial charge in [-0.25, -0.2) is 0 Å². The van der Waals surface area contributed by atoms with Gasteiger partial charge >= 0.3 is 0 Å². The molecule has 2 unspecified atom stereocenters. The first-order chi connectivity index (χ1) is 8.08. The summed E-state index contributed by atoms with van der Waals surface area (Å²) >= 11 is 0. The highest BCUT2D eigenvalue weighted by molar-refractivity contribution is 5.54. The zero-order valence-corrected chi connectivity index (χ0v) is 10.6. The number of aromatic hydroxyl groups is 1. The SMILES string of the molecule is COc1cc2c(c(O)c1C)C(OC)OC(C)C2. The summed E-state index contributed by atoms with van der Waals surface area (Å²) in [5.74, 6) is 0.906. The van der Waals surface area contributed by atoms with Crippen molar-refractivity contribution in [1.29, 1.82) is 0 Å². The van der Waals surface area contributed by atoms with Crippen LogP contribution in [0.3, 0.4) is 0 Å². The van der Waals surface area contributed by atoms with Gasteiger partial charge in [-0.3, -0.25) is 0 Å². The predicted octanol–water partition coefficient (Wildman–Crippen LogP) is 2.32. The number of fused-ring (bicyclic) bond motifs is 1. The van der Waals surface area contributed by atoms with E-state index >= 15 is 0 Å². The van der Waals surface area contributed by atoms with E-state index in [2.05, 4.69) is 0 Å². The number of rotatable bonds is 2. The minimum atomic E-state index is -0.502. The molecule has 0 spiro atoms. The van der Waals surface area contributed by atoms with E-state index in [0.717, 1.165) is 17.5 Å². The fourth-order valence-electron chi connectivity index (χ4n) is 2.27. The molecule has 0 amide bonds. The van der Waals surface area contributed by atoms with Crippen LogP contribution in [0, 0.1) is 6.92 Å². The smallest absolute Gasteiger partial charge is 0.187 e. The van der Waals surface area contributed by atoms with E-state index < -0.39 is 6.29 Å². The monoisotopic (exact) mass is 238 g/mol. The molecule has 1 aliphatic rings. The van der Waals surface area contributed by atoms with Crippen LogP contribution < -0.4 is 4.74 Å². The van der Waals surface area contributed by atoms with Gasteiger partial charge in [0.2, 0.25) is 0 Å². The van der Waals surface area contributed by atoms with E-state index in [1.807, 2.05) is 19.9 Å². The maximum absolute atomic E-state index is 10.2. The molecule has 1 aromatic rings. The highest BCUT2D eigenvalue weighted by Gasteiger charge is 2.30. The van der Waals surface area contributed by atoms with Crippen LogP contribution in [-0.4, -0.2) is 25.4 Å². The normalized spacial score (nSPS) is 23.3. The fourth-order valence-corrected chi connectivity index (χ4v) is 2.27. The minimum absolute atomic E-state index is 0.0688. The first kappa shape index (κ1) is 12.2. The number of hydrogen-bond acceptors (Lipinski definition) is 4. The second kappa shape index (κ2) is 4.55. The number of methoxy groups -OCH3 is 2. The molecule has 0 saturated carbocycles. The Bertz CT molecular complexity index is 428. The van der Waals surface area contributed by atoms with Crippen molar-refractivity contribution < 1.29 is 19.3 Å². The van der Waals surface area contributed by atoms with Crippen LogP contribution in [0.1, 0.15) is 29.9 Å². The summed E-state index contributed by atoms with van der Waals surface area (Å²) in [7, 11) is 3.18. The van der Waals surface area contributed by atoms with Crippen LogP contribution in [0.25, 0.3) is 0 Å². The van der Waals surface area contributed by atoms with Crippen LogP contribution in [0.2, 0.25) is 0 Å². The van der Waals surface area contributed by atoms with E-state index in [0.29, 0.717) is 11.3 Å². The molecule has 17 heavy (non-hydrogen) atoms. The lowest BCUT2D eigenvalue weighted by Gasteiger charge is -2.31. The van der Waals surface area contributed by atoms with Crippen LogP contribution in [0.15, 0.2) is 6.07 Å². The molecule has 4 nitrogen and oxygen atoms in total. The molecule has 1 aromatic carbocycles. The Morgan fingerprint density at radius 3 is 2.71 bits per heavy atom. The van der Waals surface area contributed by atoms with E-state index in [4.69, 9.17) is 14.2 Å². The molecule has 0 bridgehead atoms. The molecule has 94 valence electrons. The van der Waals surface area contributed by atoms with Crippen LogP contribution in [0.5, 0.6) is 11.5 Å². The number of phenols is 1. The maximum Gasteiger partial charge on any atom is 0.187 e. The number of hydrogen-bond donors (Lipinski definition) is 1. The first-order valence-corrected chi connectivity index (χ1v) is 5.66. The predicted molar refractivity (Wildman–Crippen MR) is 63.4 cm³/mol. The number of phenolic OH excluding ortho intramolecular Hbond substituents is 1. The van der Waals surface area contributed by atoms with Gasteiger partial charge in [0.1, 0.15) is 11.5 Å². The molecule has 2 rings (SSSR count). The van der Waals surface area contributed by atoms with Gasteiger partial charge in [-0.05, 0) is 31.9 Å². The minimum Gasteiger partial charge on any atom is -0.507 e. The molecule has 1 aliphatic heterocycles. The molecule has 0 aliphatic carbocycles. The topological polar surface area (TPSA) is 47.9 Å². The highest BCUT2D eigenvalue weighted by atomic mass is 16.7. The Morgan fingerprint density at radius 2 is 2.12 bits per heavy atom. The zero-order valence-electron chi connectivity index (χ0n) is 10.6. The van der Waals surface area contributed by atoms with Crippen molar-refractivity contribution in [3.63, 3.8) is 0 Å². The number of benzene rings is 1. The molecule has 1 N–H and O–H groups in total. The van der Waals surface area contributed by atoms with Crippen molar-refractivity contribution in [3.8, 4) is 11.5 Å². The van der Waals surface area contributed by atoms with Crippen molar-refractivity contribution in [3.05, 3.63) is 22.8 Å². The molecule has 2 atom stereocenters. The van der Waals surface area contributed by atoms with Gasteiger partial charge in [0.05, 0.1) is 18.8 Å². The standard InChI is InChI=1S/C13H18O4/c1-7-5-9-6-10(15-3)8(2)12(14)11(9)13(16-4)17-7/h6-7,13-14H,5H2,1-4H3. The van der Waals surface area contributed by atoms with E-state index in [-0.39, 0.29) is 11.9 Å². The molecule has 1 heterocycles. The molecule has 0 fully saturated rings. The molecule has 0 aromatic heterocycles. The van der Waals surface area contributed by atoms with Crippen molar-refractivity contribution in [2.45, 2.75) is 32.7 Å². The third-order valence-electron chi connectivity index (χ3n) is 3.16. The molecular weight excluding hydrogens is 220 g/mol. The molecule has 0 saturated heterocycles. The summed E-state index contributed by atoms with van der Waals surface area (Å²) in [5, 5.41) is 10.2. The lowest BCUT2D eigenvalue weighted by Crippen LogP contribution is -2.25. The first-order valence-electron chi connectivity index (χ1n) is 5.66.